The molecule has 1 heterocycles. The van der Waals surface area contributed by atoms with Gasteiger partial charge in [-0.25, -0.2) is 4.98 Å². The van der Waals surface area contributed by atoms with Crippen LogP contribution in [0.2, 0.25) is 0 Å². The highest BCUT2D eigenvalue weighted by Crippen LogP contribution is 2.39. The third-order valence-electron chi connectivity index (χ3n) is 1.63. The van der Waals surface area contributed by atoms with Gasteiger partial charge in [0.15, 0.2) is 5.75 Å². The van der Waals surface area contributed by atoms with Gasteiger partial charge >= 0.3 is 12.5 Å². The van der Waals surface area contributed by atoms with Gasteiger partial charge in [-0.05, 0) is 22.6 Å². The predicted molar refractivity (Wildman–Crippen MR) is 55.2 cm³/mol. The Morgan fingerprint density at radius 2 is 1.72 bits per heavy atom. The Morgan fingerprint density at radius 3 is 2.11 bits per heavy atom. The largest absolute Gasteiger partial charge is 0.573 e. The molecular weight excluding hydrogens is 383 g/mol. The van der Waals surface area contributed by atoms with E-state index in [2.05, 4.69) is 14.5 Å². The zero-order chi connectivity index (χ0) is 14.1. The van der Waals surface area contributed by atoms with Crippen molar-refractivity contribution in [2.45, 2.75) is 12.5 Å². The van der Waals surface area contributed by atoms with E-state index in [0.717, 1.165) is 7.11 Å². The minimum atomic E-state index is -5.05. The Kier molecular flexibility index (Phi) is 4.18. The molecule has 0 aliphatic rings. The quantitative estimate of drug-likeness (QED) is 0.442. The van der Waals surface area contributed by atoms with Crippen molar-refractivity contribution in [1.82, 2.24) is 4.98 Å². The van der Waals surface area contributed by atoms with Crippen LogP contribution in [-0.2, 0) is 6.18 Å². The van der Waals surface area contributed by atoms with Crippen LogP contribution in [0, 0.1) is 3.70 Å². The highest BCUT2D eigenvalue weighted by Gasteiger charge is 2.38. The van der Waals surface area contributed by atoms with E-state index in [0.29, 0.717) is 6.07 Å². The second-order valence-corrected chi connectivity index (χ2v) is 3.90. The maximum atomic E-state index is 12.4. The molecule has 1 aromatic heterocycles. The third-order valence-corrected chi connectivity index (χ3v) is 2.36. The summed E-state index contributed by atoms with van der Waals surface area (Å²) < 4.78 is 80.6. The van der Waals surface area contributed by atoms with Gasteiger partial charge in [-0.3, -0.25) is 0 Å². The Hall–Kier alpha value is -0.940. The van der Waals surface area contributed by atoms with Crippen molar-refractivity contribution in [1.29, 1.82) is 0 Å². The van der Waals surface area contributed by atoms with E-state index in [1.54, 1.807) is 0 Å². The van der Waals surface area contributed by atoms with Crippen LogP contribution in [-0.4, -0.2) is 18.5 Å². The molecule has 102 valence electrons. The van der Waals surface area contributed by atoms with E-state index in [9.17, 15) is 26.3 Å². The zero-order valence-electron chi connectivity index (χ0n) is 8.49. The zero-order valence-corrected chi connectivity index (χ0v) is 10.6. The van der Waals surface area contributed by atoms with Crippen LogP contribution >= 0.6 is 22.6 Å². The number of pyridine rings is 1. The first-order chi connectivity index (χ1) is 8.04. The summed E-state index contributed by atoms with van der Waals surface area (Å²) in [5.41, 5.74) is -1.36. The second-order valence-electron chi connectivity index (χ2n) is 2.88. The lowest BCUT2D eigenvalue weighted by Gasteiger charge is -2.15. The molecule has 0 amide bonds. The summed E-state index contributed by atoms with van der Waals surface area (Å²) in [7, 11) is 0.925. The van der Waals surface area contributed by atoms with Crippen LogP contribution in [0.3, 0.4) is 0 Å². The van der Waals surface area contributed by atoms with E-state index >= 15 is 0 Å². The van der Waals surface area contributed by atoms with Crippen molar-refractivity contribution < 1.29 is 35.8 Å². The topological polar surface area (TPSA) is 31.4 Å². The maximum absolute atomic E-state index is 12.4. The summed E-state index contributed by atoms with van der Waals surface area (Å²) in [5, 5.41) is 0. The van der Waals surface area contributed by atoms with Crippen molar-refractivity contribution >= 4 is 22.6 Å². The van der Waals surface area contributed by atoms with Crippen LogP contribution in [0.5, 0.6) is 11.5 Å². The van der Waals surface area contributed by atoms with Crippen LogP contribution in [0.1, 0.15) is 5.69 Å². The van der Waals surface area contributed by atoms with Crippen molar-refractivity contribution in [3.05, 3.63) is 15.5 Å². The van der Waals surface area contributed by atoms with E-state index in [1.165, 1.54) is 22.6 Å². The SMILES string of the molecule is COc1cc(C(F)(F)F)nc(I)c1OC(F)(F)F. The number of nitrogens with zero attached hydrogens (tertiary/aromatic N) is 1. The fourth-order valence-corrected chi connectivity index (χ4v) is 1.62. The summed E-state index contributed by atoms with van der Waals surface area (Å²) in [4.78, 5) is 2.99. The molecule has 1 rings (SSSR count). The molecule has 0 saturated heterocycles. The molecule has 0 fully saturated rings. The minimum absolute atomic E-state index is 0.337. The number of hydrogen-bond donors (Lipinski definition) is 0. The number of methoxy groups -OCH3 is 1. The van der Waals surface area contributed by atoms with Crippen LogP contribution in [0.15, 0.2) is 6.07 Å². The lowest BCUT2D eigenvalue weighted by Crippen LogP contribution is -2.19. The average molecular weight is 387 g/mol. The fourth-order valence-electron chi connectivity index (χ4n) is 0.985. The molecule has 0 aliphatic heterocycles. The summed E-state index contributed by atoms with van der Waals surface area (Å²) in [6.45, 7) is 0. The first-order valence-corrected chi connectivity index (χ1v) is 5.20. The fraction of sp³-hybridized carbons (Fsp3) is 0.375. The van der Waals surface area contributed by atoms with E-state index in [4.69, 9.17) is 0 Å². The lowest BCUT2D eigenvalue weighted by atomic mass is 10.3. The normalized spacial score (nSPS) is 12.4. The first kappa shape index (κ1) is 15.1. The molecule has 0 atom stereocenters. The third kappa shape index (κ3) is 3.78. The van der Waals surface area contributed by atoms with Gasteiger partial charge in [0.2, 0.25) is 5.75 Å². The Bertz CT molecular complexity index is 444. The van der Waals surface area contributed by atoms with Crippen molar-refractivity contribution in [2.24, 2.45) is 0 Å². The molecule has 1 aromatic rings. The van der Waals surface area contributed by atoms with E-state index in [1.807, 2.05) is 0 Å². The second kappa shape index (κ2) is 4.97. The average Bonchev–Trinajstić information content (AvgIpc) is 2.17. The van der Waals surface area contributed by atoms with E-state index < -0.39 is 33.4 Å². The van der Waals surface area contributed by atoms with E-state index in [-0.39, 0.29) is 0 Å². The Balaban J connectivity index is 3.29. The minimum Gasteiger partial charge on any atom is -0.493 e. The summed E-state index contributed by atoms with van der Waals surface area (Å²) in [6.07, 6.45) is -9.83. The highest BCUT2D eigenvalue weighted by molar-refractivity contribution is 14.1. The van der Waals surface area contributed by atoms with Gasteiger partial charge in [0.25, 0.3) is 0 Å². The molecule has 0 spiro atoms. The summed E-state index contributed by atoms with van der Waals surface area (Å²) >= 11 is 1.20. The lowest BCUT2D eigenvalue weighted by molar-refractivity contribution is -0.275. The molecule has 0 aliphatic carbocycles. The van der Waals surface area contributed by atoms with Gasteiger partial charge in [0.1, 0.15) is 9.39 Å². The Labute approximate surface area is 110 Å². The van der Waals surface area contributed by atoms with Gasteiger partial charge in [0, 0.05) is 6.07 Å². The summed E-state index contributed by atoms with van der Waals surface area (Å²) in [5.74, 6) is -1.60. The van der Waals surface area contributed by atoms with Gasteiger partial charge in [0.05, 0.1) is 7.11 Å². The van der Waals surface area contributed by atoms with Gasteiger partial charge in [-0.2, -0.15) is 13.2 Å². The number of halogens is 7. The number of ether oxygens (including phenoxy) is 2. The van der Waals surface area contributed by atoms with Crippen molar-refractivity contribution in [3.63, 3.8) is 0 Å². The van der Waals surface area contributed by atoms with Crippen molar-refractivity contribution in [2.75, 3.05) is 7.11 Å². The highest BCUT2D eigenvalue weighted by atomic mass is 127. The predicted octanol–water partition coefficient (Wildman–Crippen LogP) is 3.61. The van der Waals surface area contributed by atoms with Crippen LogP contribution in [0.25, 0.3) is 0 Å². The molecular formula is C8H4F6INO2. The van der Waals surface area contributed by atoms with Gasteiger partial charge in [-0.1, -0.05) is 0 Å². The molecule has 0 radical (unpaired) electrons. The van der Waals surface area contributed by atoms with Crippen LogP contribution < -0.4 is 9.47 Å². The molecule has 10 heteroatoms. The number of alkyl halides is 6. The monoisotopic (exact) mass is 387 g/mol. The molecule has 0 aromatic carbocycles. The van der Waals surface area contributed by atoms with Crippen LogP contribution in [0.4, 0.5) is 26.3 Å². The molecule has 0 saturated carbocycles. The van der Waals surface area contributed by atoms with Crippen molar-refractivity contribution in [3.8, 4) is 11.5 Å². The Morgan fingerprint density at radius 1 is 1.17 bits per heavy atom. The molecule has 3 nitrogen and oxygen atoms in total. The molecule has 18 heavy (non-hydrogen) atoms. The van der Waals surface area contributed by atoms with Gasteiger partial charge < -0.3 is 9.47 Å². The standard InChI is InChI=1S/C8H4F6INO2/c1-17-3-2-4(7(9,10)11)16-6(15)5(3)18-8(12,13)14/h2H,1H3. The maximum Gasteiger partial charge on any atom is 0.573 e. The molecule has 0 N–H and O–H groups in total. The summed E-state index contributed by atoms with van der Waals surface area (Å²) in [6, 6.07) is 0.337. The first-order valence-electron chi connectivity index (χ1n) is 4.12. The number of aromatic nitrogens is 1. The number of hydrogen-bond acceptors (Lipinski definition) is 3. The number of rotatable bonds is 2. The molecule has 0 unspecified atom stereocenters. The van der Waals surface area contributed by atoms with Gasteiger partial charge in [-0.15, -0.1) is 13.2 Å². The molecule has 0 bridgehead atoms. The smallest absolute Gasteiger partial charge is 0.493 e.